The van der Waals surface area contributed by atoms with Gasteiger partial charge in [0.15, 0.2) is 0 Å². The summed E-state index contributed by atoms with van der Waals surface area (Å²) in [7, 11) is -4.17. The number of sulfonamides is 1. The third-order valence-electron chi connectivity index (χ3n) is 2.70. The van der Waals surface area contributed by atoms with Gasteiger partial charge in [-0.1, -0.05) is 11.6 Å². The molecule has 2 aromatic rings. The van der Waals surface area contributed by atoms with Crippen molar-refractivity contribution in [2.24, 2.45) is 0 Å². The summed E-state index contributed by atoms with van der Waals surface area (Å²) < 4.78 is 32.1. The van der Waals surface area contributed by atoms with E-state index in [-0.39, 0.29) is 22.2 Å². The van der Waals surface area contributed by atoms with Crippen LogP contribution in [0.2, 0.25) is 5.02 Å². The fourth-order valence-electron chi connectivity index (χ4n) is 1.88. The minimum absolute atomic E-state index is 0.0117. The number of carboxylic acids is 1. The van der Waals surface area contributed by atoms with Crippen molar-refractivity contribution in [3.05, 3.63) is 40.6 Å². The summed E-state index contributed by atoms with van der Waals surface area (Å²) in [6, 6.07) is 1.41. The van der Waals surface area contributed by atoms with Crippen molar-refractivity contribution in [2.75, 3.05) is 4.72 Å². The summed E-state index contributed by atoms with van der Waals surface area (Å²) >= 11 is 5.86. The number of aryl methyl sites for hydroxylation is 2. The lowest BCUT2D eigenvalue weighted by Gasteiger charge is -2.09. The minimum atomic E-state index is -4.17. The Hall–Kier alpha value is -2.06. The maximum atomic E-state index is 12.4. The molecule has 0 bridgehead atoms. The third kappa shape index (κ3) is 2.86. The smallest absolute Gasteiger partial charge is 0.340 e. The van der Waals surface area contributed by atoms with E-state index in [0.717, 1.165) is 0 Å². The maximum Gasteiger partial charge on any atom is 0.340 e. The van der Waals surface area contributed by atoms with Crippen molar-refractivity contribution >= 4 is 33.3 Å². The van der Waals surface area contributed by atoms with Crippen LogP contribution >= 0.6 is 11.6 Å². The Morgan fingerprint density at radius 1 is 1.38 bits per heavy atom. The van der Waals surface area contributed by atoms with Gasteiger partial charge in [-0.15, -0.1) is 0 Å². The number of rotatable bonds is 4. The van der Waals surface area contributed by atoms with Crippen LogP contribution in [0.15, 0.2) is 27.8 Å². The number of pyridine rings is 1. The Balaban J connectivity index is 2.56. The molecule has 0 amide bonds. The van der Waals surface area contributed by atoms with Crippen molar-refractivity contribution in [2.45, 2.75) is 18.7 Å². The van der Waals surface area contributed by atoms with Crippen LogP contribution in [0.3, 0.4) is 0 Å². The van der Waals surface area contributed by atoms with E-state index in [1.54, 1.807) is 0 Å². The number of nitrogens with one attached hydrogen (secondary N) is 1. The van der Waals surface area contributed by atoms with E-state index in [1.165, 1.54) is 32.3 Å². The molecule has 0 unspecified atom stereocenters. The van der Waals surface area contributed by atoms with E-state index >= 15 is 0 Å². The van der Waals surface area contributed by atoms with Gasteiger partial charge in [0.1, 0.15) is 22.0 Å². The summed E-state index contributed by atoms with van der Waals surface area (Å²) in [5, 5.41) is 9.30. The molecule has 112 valence electrons. The molecule has 2 N–H and O–H groups in total. The molecule has 0 radical (unpaired) electrons. The molecule has 0 fully saturated rings. The SMILES string of the molecule is Cc1oc(C)c(S(=O)(=O)Nc2cnccc2Cl)c1C(=O)O. The van der Waals surface area contributed by atoms with Crippen molar-refractivity contribution in [1.29, 1.82) is 0 Å². The molecule has 0 saturated heterocycles. The second-order valence-corrected chi connectivity index (χ2v) is 6.21. The minimum Gasteiger partial charge on any atom is -0.478 e. The van der Waals surface area contributed by atoms with Gasteiger partial charge in [-0.05, 0) is 19.9 Å². The first kappa shape index (κ1) is 15.3. The lowest BCUT2D eigenvalue weighted by Crippen LogP contribution is -2.17. The van der Waals surface area contributed by atoms with Crippen LogP contribution in [-0.4, -0.2) is 24.5 Å². The highest BCUT2D eigenvalue weighted by Gasteiger charge is 2.31. The van der Waals surface area contributed by atoms with Crippen LogP contribution in [0.4, 0.5) is 5.69 Å². The van der Waals surface area contributed by atoms with Crippen molar-refractivity contribution in [3.8, 4) is 0 Å². The number of aromatic nitrogens is 1. The highest BCUT2D eigenvalue weighted by Crippen LogP contribution is 2.30. The molecule has 7 nitrogen and oxygen atoms in total. The van der Waals surface area contributed by atoms with Crippen LogP contribution < -0.4 is 4.72 Å². The molecule has 9 heteroatoms. The Morgan fingerprint density at radius 3 is 2.62 bits per heavy atom. The second kappa shape index (κ2) is 5.38. The number of hydrogen-bond donors (Lipinski definition) is 2. The summed E-state index contributed by atoms with van der Waals surface area (Å²) in [4.78, 5) is 14.6. The molecule has 0 aliphatic rings. The van der Waals surface area contributed by atoms with Gasteiger partial charge in [0, 0.05) is 6.20 Å². The fraction of sp³-hybridized carbons (Fsp3) is 0.167. The van der Waals surface area contributed by atoms with Gasteiger partial charge in [-0.3, -0.25) is 9.71 Å². The summed E-state index contributed by atoms with van der Waals surface area (Å²) in [6.07, 6.45) is 2.62. The molecule has 2 aromatic heterocycles. The lowest BCUT2D eigenvalue weighted by atomic mass is 10.2. The van der Waals surface area contributed by atoms with E-state index < -0.39 is 26.5 Å². The third-order valence-corrected chi connectivity index (χ3v) is 4.55. The Morgan fingerprint density at radius 2 is 2.05 bits per heavy atom. The van der Waals surface area contributed by atoms with Gasteiger partial charge in [-0.2, -0.15) is 0 Å². The van der Waals surface area contributed by atoms with Crippen LogP contribution in [0.1, 0.15) is 21.9 Å². The highest BCUT2D eigenvalue weighted by molar-refractivity contribution is 7.92. The molecule has 0 aromatic carbocycles. The van der Waals surface area contributed by atoms with Crippen LogP contribution in [0.25, 0.3) is 0 Å². The van der Waals surface area contributed by atoms with Gasteiger partial charge in [-0.25, -0.2) is 13.2 Å². The van der Waals surface area contributed by atoms with E-state index in [0.29, 0.717) is 0 Å². The fourth-order valence-corrected chi connectivity index (χ4v) is 3.57. The van der Waals surface area contributed by atoms with Gasteiger partial charge >= 0.3 is 5.97 Å². The maximum absolute atomic E-state index is 12.4. The highest BCUT2D eigenvalue weighted by atomic mass is 35.5. The zero-order chi connectivity index (χ0) is 15.8. The molecular formula is C12H11ClN2O5S. The van der Waals surface area contributed by atoms with Gasteiger partial charge in [0.05, 0.1) is 16.9 Å². The predicted molar refractivity (Wildman–Crippen MR) is 75.2 cm³/mol. The molecular weight excluding hydrogens is 320 g/mol. The van der Waals surface area contributed by atoms with Crippen LogP contribution in [0.5, 0.6) is 0 Å². The Kier molecular flexibility index (Phi) is 3.93. The first-order valence-electron chi connectivity index (χ1n) is 5.69. The van der Waals surface area contributed by atoms with Crippen molar-refractivity contribution < 1.29 is 22.7 Å². The quantitative estimate of drug-likeness (QED) is 0.891. The molecule has 0 saturated carbocycles. The standard InChI is InChI=1S/C12H11ClN2O5S/c1-6-10(12(16)17)11(7(2)20-6)21(18,19)15-9-5-14-4-3-8(9)13/h3-5,15H,1-2H3,(H,16,17). The Labute approximate surface area is 125 Å². The van der Waals surface area contributed by atoms with Crippen LogP contribution in [-0.2, 0) is 10.0 Å². The Bertz CT molecular complexity index is 813. The first-order valence-corrected chi connectivity index (χ1v) is 7.55. The van der Waals surface area contributed by atoms with Crippen molar-refractivity contribution in [1.82, 2.24) is 4.98 Å². The van der Waals surface area contributed by atoms with Crippen LogP contribution in [0, 0.1) is 13.8 Å². The lowest BCUT2D eigenvalue weighted by molar-refractivity contribution is 0.0691. The zero-order valence-corrected chi connectivity index (χ0v) is 12.6. The number of carbonyl (C=O) groups is 1. The molecule has 21 heavy (non-hydrogen) atoms. The molecule has 2 rings (SSSR count). The molecule has 2 heterocycles. The molecule has 0 aliphatic heterocycles. The van der Waals surface area contributed by atoms with E-state index in [9.17, 15) is 13.2 Å². The van der Waals surface area contributed by atoms with Crippen molar-refractivity contribution in [3.63, 3.8) is 0 Å². The number of halogens is 1. The number of aromatic carboxylic acids is 1. The average Bonchev–Trinajstić information content (AvgIpc) is 2.67. The van der Waals surface area contributed by atoms with E-state index in [1.807, 2.05) is 0 Å². The molecule has 0 spiro atoms. The van der Waals surface area contributed by atoms with Gasteiger partial charge in [0.2, 0.25) is 0 Å². The van der Waals surface area contributed by atoms with E-state index in [2.05, 4.69) is 9.71 Å². The summed E-state index contributed by atoms with van der Waals surface area (Å²) in [6.45, 7) is 2.76. The van der Waals surface area contributed by atoms with Gasteiger partial charge < -0.3 is 9.52 Å². The summed E-state index contributed by atoms with van der Waals surface area (Å²) in [5.74, 6) is -1.39. The number of carboxylic acid groups (broad SMARTS) is 1. The zero-order valence-electron chi connectivity index (χ0n) is 11.0. The topological polar surface area (TPSA) is 110 Å². The number of hydrogen-bond acceptors (Lipinski definition) is 5. The number of furan rings is 1. The monoisotopic (exact) mass is 330 g/mol. The van der Waals surface area contributed by atoms with E-state index in [4.69, 9.17) is 21.1 Å². The summed E-state index contributed by atoms with van der Waals surface area (Å²) in [5.41, 5.74) is -0.353. The first-order chi connectivity index (χ1) is 9.74. The second-order valence-electron chi connectivity index (χ2n) is 4.18. The van der Waals surface area contributed by atoms with Gasteiger partial charge in [0.25, 0.3) is 10.0 Å². The average molecular weight is 331 g/mol. The number of anilines is 1. The number of nitrogens with zero attached hydrogens (tertiary/aromatic N) is 1. The molecule has 0 atom stereocenters. The molecule has 0 aliphatic carbocycles. The predicted octanol–water partition coefficient (Wildman–Crippen LogP) is 2.44. The largest absolute Gasteiger partial charge is 0.478 e. The normalized spacial score (nSPS) is 11.4.